The van der Waals surface area contributed by atoms with Gasteiger partial charge in [0.15, 0.2) is 0 Å². The van der Waals surface area contributed by atoms with Crippen molar-refractivity contribution in [3.05, 3.63) is 76.9 Å². The van der Waals surface area contributed by atoms with Crippen LogP contribution in [0, 0.1) is 20.8 Å². The van der Waals surface area contributed by atoms with Gasteiger partial charge in [-0.2, -0.15) is 4.31 Å². The van der Waals surface area contributed by atoms with Crippen molar-refractivity contribution in [1.82, 2.24) is 19.6 Å². The summed E-state index contributed by atoms with van der Waals surface area (Å²) in [5.41, 5.74) is 4.79. The minimum Gasteiger partial charge on any atom is -0.352 e. The SMILES string of the molecule is Cc1ccc(-c2cc(S(=O)(=O)N3CCCC3)cc(C(=O)NCCc3cnc(C)nc3)c2C)cc1. The van der Waals surface area contributed by atoms with Crippen molar-refractivity contribution >= 4 is 15.9 Å². The topological polar surface area (TPSA) is 92.3 Å². The largest absolute Gasteiger partial charge is 0.352 e. The van der Waals surface area contributed by atoms with E-state index in [9.17, 15) is 13.2 Å². The first-order valence-electron chi connectivity index (χ1n) is 11.5. The van der Waals surface area contributed by atoms with E-state index in [1.54, 1.807) is 18.5 Å². The molecule has 2 aromatic carbocycles. The van der Waals surface area contributed by atoms with Crippen LogP contribution in [0.4, 0.5) is 0 Å². The van der Waals surface area contributed by atoms with Gasteiger partial charge in [0, 0.05) is 37.6 Å². The molecule has 3 aromatic rings. The van der Waals surface area contributed by atoms with Crippen LogP contribution in [0.1, 0.15) is 45.7 Å². The van der Waals surface area contributed by atoms with Gasteiger partial charge < -0.3 is 5.32 Å². The molecule has 1 aromatic heterocycles. The summed E-state index contributed by atoms with van der Waals surface area (Å²) in [5.74, 6) is 0.403. The molecule has 1 aliphatic heterocycles. The average Bonchev–Trinajstić information content (AvgIpc) is 3.37. The Kier molecular flexibility index (Phi) is 7.09. The highest BCUT2D eigenvalue weighted by Gasteiger charge is 2.29. The van der Waals surface area contributed by atoms with Gasteiger partial charge in [-0.3, -0.25) is 4.79 Å². The Bertz CT molecular complexity index is 1280. The number of nitrogens with zero attached hydrogens (tertiary/aromatic N) is 3. The Morgan fingerprint density at radius 1 is 1.00 bits per heavy atom. The van der Waals surface area contributed by atoms with E-state index in [1.165, 1.54) is 10.4 Å². The number of aromatic nitrogens is 2. The summed E-state index contributed by atoms with van der Waals surface area (Å²) < 4.78 is 28.2. The summed E-state index contributed by atoms with van der Waals surface area (Å²) in [6.45, 7) is 7.11. The molecule has 0 spiro atoms. The van der Waals surface area contributed by atoms with Crippen molar-refractivity contribution in [2.45, 2.75) is 44.9 Å². The minimum absolute atomic E-state index is 0.160. The number of nitrogens with one attached hydrogen (secondary N) is 1. The van der Waals surface area contributed by atoms with Crippen LogP contribution in [0.15, 0.2) is 53.7 Å². The molecule has 0 unspecified atom stereocenters. The van der Waals surface area contributed by atoms with Crippen molar-refractivity contribution in [3.63, 3.8) is 0 Å². The van der Waals surface area contributed by atoms with Crippen molar-refractivity contribution < 1.29 is 13.2 Å². The van der Waals surface area contributed by atoms with Gasteiger partial charge >= 0.3 is 0 Å². The highest BCUT2D eigenvalue weighted by atomic mass is 32.2. The Morgan fingerprint density at radius 2 is 1.65 bits per heavy atom. The summed E-state index contributed by atoms with van der Waals surface area (Å²) in [6, 6.07) is 11.1. The fraction of sp³-hybridized carbons (Fsp3) is 0.346. The molecule has 7 nitrogen and oxygen atoms in total. The third-order valence-corrected chi connectivity index (χ3v) is 8.10. The molecule has 0 radical (unpaired) electrons. The minimum atomic E-state index is -3.68. The van der Waals surface area contributed by atoms with Gasteiger partial charge in [0.1, 0.15) is 5.82 Å². The van der Waals surface area contributed by atoms with Crippen molar-refractivity contribution in [1.29, 1.82) is 0 Å². The third-order valence-electron chi connectivity index (χ3n) is 6.22. The van der Waals surface area contributed by atoms with Crippen LogP contribution in [0.25, 0.3) is 11.1 Å². The molecule has 1 amide bonds. The lowest BCUT2D eigenvalue weighted by Gasteiger charge is -2.19. The van der Waals surface area contributed by atoms with Crippen LogP contribution in [-0.4, -0.2) is 48.2 Å². The number of hydrogen-bond acceptors (Lipinski definition) is 5. The number of sulfonamides is 1. The van der Waals surface area contributed by atoms with Crippen LogP contribution in [0.2, 0.25) is 0 Å². The molecule has 1 saturated heterocycles. The molecule has 0 aliphatic carbocycles. The standard InChI is InChI=1S/C26H30N4O3S/c1-18-6-8-22(9-7-18)24-14-23(34(32,33)30-12-4-5-13-30)15-25(19(24)2)26(31)27-11-10-21-16-28-20(3)29-17-21/h6-9,14-17H,4-5,10-13H2,1-3H3,(H,27,31). The van der Waals surface area contributed by atoms with Gasteiger partial charge in [0.2, 0.25) is 10.0 Å². The summed E-state index contributed by atoms with van der Waals surface area (Å²) >= 11 is 0. The maximum Gasteiger partial charge on any atom is 0.251 e. The molecule has 1 aliphatic rings. The highest BCUT2D eigenvalue weighted by Crippen LogP contribution is 2.32. The second-order valence-electron chi connectivity index (χ2n) is 8.77. The zero-order valence-corrected chi connectivity index (χ0v) is 20.7. The maximum absolute atomic E-state index is 13.4. The lowest BCUT2D eigenvalue weighted by atomic mass is 9.95. The van der Waals surface area contributed by atoms with Crippen LogP contribution < -0.4 is 5.32 Å². The van der Waals surface area contributed by atoms with Crippen molar-refractivity contribution in [2.75, 3.05) is 19.6 Å². The van der Waals surface area contributed by atoms with Gasteiger partial charge in [0.05, 0.1) is 4.90 Å². The normalized spacial score (nSPS) is 14.3. The van der Waals surface area contributed by atoms with Gasteiger partial charge in [-0.15, -0.1) is 0 Å². The quantitative estimate of drug-likeness (QED) is 0.557. The van der Waals surface area contributed by atoms with Crippen LogP contribution in [-0.2, 0) is 16.4 Å². The molecule has 1 N–H and O–H groups in total. The zero-order chi connectivity index (χ0) is 24.3. The van der Waals surface area contributed by atoms with Gasteiger partial charge in [0.25, 0.3) is 5.91 Å². The van der Waals surface area contributed by atoms with Crippen molar-refractivity contribution in [2.24, 2.45) is 0 Å². The second kappa shape index (κ2) is 10.0. The molecular formula is C26H30N4O3S. The van der Waals surface area contributed by atoms with E-state index in [4.69, 9.17) is 0 Å². The molecule has 1 fully saturated rings. The van der Waals surface area contributed by atoms with E-state index in [-0.39, 0.29) is 10.8 Å². The molecule has 8 heteroatoms. The summed E-state index contributed by atoms with van der Waals surface area (Å²) in [6.07, 6.45) is 5.79. The predicted octanol–water partition coefficient (Wildman–Crippen LogP) is 3.83. The van der Waals surface area contributed by atoms with E-state index in [2.05, 4.69) is 15.3 Å². The van der Waals surface area contributed by atoms with E-state index < -0.39 is 10.0 Å². The number of rotatable bonds is 7. The lowest BCUT2D eigenvalue weighted by molar-refractivity contribution is 0.0953. The number of benzene rings is 2. The molecular weight excluding hydrogens is 448 g/mol. The smallest absolute Gasteiger partial charge is 0.251 e. The van der Waals surface area contributed by atoms with Crippen LogP contribution in [0.5, 0.6) is 0 Å². The second-order valence-corrected chi connectivity index (χ2v) is 10.7. The fourth-order valence-electron chi connectivity index (χ4n) is 4.15. The Balaban J connectivity index is 1.67. The third kappa shape index (κ3) is 5.18. The summed E-state index contributed by atoms with van der Waals surface area (Å²) in [4.78, 5) is 21.7. The van der Waals surface area contributed by atoms with Crippen LogP contribution in [0.3, 0.4) is 0 Å². The first-order chi connectivity index (χ1) is 16.3. The average molecular weight is 479 g/mol. The molecule has 178 valence electrons. The van der Waals surface area contributed by atoms with E-state index in [0.29, 0.717) is 37.4 Å². The van der Waals surface area contributed by atoms with E-state index >= 15 is 0 Å². The number of carbonyl (C=O) groups excluding carboxylic acids is 1. The maximum atomic E-state index is 13.4. The molecule has 0 bridgehead atoms. The number of aryl methyl sites for hydroxylation is 2. The van der Waals surface area contributed by atoms with Crippen molar-refractivity contribution in [3.8, 4) is 11.1 Å². The first-order valence-corrected chi connectivity index (χ1v) is 13.0. The molecule has 0 atom stereocenters. The lowest BCUT2D eigenvalue weighted by Crippen LogP contribution is -2.29. The molecule has 2 heterocycles. The number of hydrogen-bond donors (Lipinski definition) is 1. The molecule has 0 saturated carbocycles. The van der Waals surface area contributed by atoms with E-state index in [0.717, 1.165) is 40.7 Å². The monoisotopic (exact) mass is 478 g/mol. The number of amides is 1. The number of carbonyl (C=O) groups is 1. The molecule has 34 heavy (non-hydrogen) atoms. The Morgan fingerprint density at radius 3 is 2.29 bits per heavy atom. The Labute approximate surface area is 201 Å². The summed E-state index contributed by atoms with van der Waals surface area (Å²) in [5, 5.41) is 2.94. The molecule has 4 rings (SSSR count). The Hall–Kier alpha value is -3.10. The van der Waals surface area contributed by atoms with Gasteiger partial charge in [-0.05, 0) is 74.4 Å². The fourth-order valence-corrected chi connectivity index (χ4v) is 5.72. The van der Waals surface area contributed by atoms with Crippen LogP contribution >= 0.6 is 0 Å². The summed E-state index contributed by atoms with van der Waals surface area (Å²) in [7, 11) is -3.68. The zero-order valence-electron chi connectivity index (χ0n) is 19.8. The van der Waals surface area contributed by atoms with E-state index in [1.807, 2.05) is 45.0 Å². The predicted molar refractivity (Wildman–Crippen MR) is 132 cm³/mol. The first kappa shape index (κ1) is 24.0. The highest BCUT2D eigenvalue weighted by molar-refractivity contribution is 7.89. The van der Waals surface area contributed by atoms with Gasteiger partial charge in [-0.25, -0.2) is 18.4 Å². The van der Waals surface area contributed by atoms with Gasteiger partial charge in [-0.1, -0.05) is 29.8 Å².